The van der Waals surface area contributed by atoms with Crippen LogP contribution < -0.4 is 10.6 Å². The van der Waals surface area contributed by atoms with Gasteiger partial charge in [-0.25, -0.2) is 0 Å². The standard InChI is InChI=1S/C25H28N6/c1-26-25(27-16-15-24-30-29-23-14-8-9-17-31(23)24)28-19-22(21-12-6-3-7-13-21)18-20-10-4-2-5-11-20/h2-14,17,22H,15-16,18-19H2,1H3,(H2,26,27,28). The van der Waals surface area contributed by atoms with Crippen molar-refractivity contribution in [3.05, 3.63) is 102 Å². The third kappa shape index (κ3) is 5.48. The molecule has 158 valence electrons. The van der Waals surface area contributed by atoms with Crippen LogP contribution in [0.1, 0.15) is 22.9 Å². The number of nitrogens with zero attached hydrogens (tertiary/aromatic N) is 4. The molecule has 0 aliphatic rings. The maximum atomic E-state index is 4.39. The first-order chi connectivity index (χ1) is 15.3. The Kier molecular flexibility index (Phi) is 6.90. The SMILES string of the molecule is CN=C(NCCc1nnc2ccccn12)NCC(Cc1ccccc1)c1ccccc1. The fourth-order valence-electron chi connectivity index (χ4n) is 3.73. The van der Waals surface area contributed by atoms with E-state index in [9.17, 15) is 0 Å². The van der Waals surface area contributed by atoms with E-state index in [1.165, 1.54) is 11.1 Å². The molecule has 0 amide bonds. The number of rotatable bonds is 8. The summed E-state index contributed by atoms with van der Waals surface area (Å²) in [6.45, 7) is 1.52. The first-order valence-corrected chi connectivity index (χ1v) is 10.7. The van der Waals surface area contributed by atoms with Crippen LogP contribution >= 0.6 is 0 Å². The molecule has 0 aliphatic heterocycles. The molecule has 0 radical (unpaired) electrons. The highest BCUT2D eigenvalue weighted by Gasteiger charge is 2.13. The molecule has 0 aliphatic carbocycles. The van der Waals surface area contributed by atoms with E-state index in [1.54, 1.807) is 7.05 Å². The van der Waals surface area contributed by atoms with Crippen LogP contribution in [0.4, 0.5) is 0 Å². The summed E-state index contributed by atoms with van der Waals surface area (Å²) in [4.78, 5) is 4.39. The predicted octanol–water partition coefficient (Wildman–Crippen LogP) is 3.46. The lowest BCUT2D eigenvalue weighted by Crippen LogP contribution is -2.40. The van der Waals surface area contributed by atoms with Gasteiger partial charge in [-0.05, 0) is 29.7 Å². The van der Waals surface area contributed by atoms with Gasteiger partial charge in [-0.2, -0.15) is 0 Å². The van der Waals surface area contributed by atoms with Gasteiger partial charge in [0.05, 0.1) is 0 Å². The second-order valence-electron chi connectivity index (χ2n) is 7.47. The molecule has 1 unspecified atom stereocenters. The van der Waals surface area contributed by atoms with Gasteiger partial charge in [0, 0.05) is 38.7 Å². The molecule has 6 nitrogen and oxygen atoms in total. The predicted molar refractivity (Wildman–Crippen MR) is 125 cm³/mol. The molecule has 4 rings (SSSR count). The van der Waals surface area contributed by atoms with Crippen molar-refractivity contribution in [3.8, 4) is 0 Å². The van der Waals surface area contributed by atoms with Crippen LogP contribution in [0.25, 0.3) is 5.65 Å². The van der Waals surface area contributed by atoms with Crippen LogP contribution in [0.2, 0.25) is 0 Å². The summed E-state index contributed by atoms with van der Waals surface area (Å²) in [5, 5.41) is 15.4. The summed E-state index contributed by atoms with van der Waals surface area (Å²) in [7, 11) is 1.80. The van der Waals surface area contributed by atoms with Crippen molar-refractivity contribution in [2.24, 2.45) is 4.99 Å². The number of benzene rings is 2. The number of hydrogen-bond donors (Lipinski definition) is 2. The first kappa shape index (κ1) is 20.6. The quantitative estimate of drug-likeness (QED) is 0.344. The minimum Gasteiger partial charge on any atom is -0.356 e. The van der Waals surface area contributed by atoms with Crippen molar-refractivity contribution in [1.29, 1.82) is 0 Å². The largest absolute Gasteiger partial charge is 0.356 e. The van der Waals surface area contributed by atoms with E-state index in [0.717, 1.165) is 43.4 Å². The number of guanidine groups is 1. The van der Waals surface area contributed by atoms with E-state index < -0.39 is 0 Å². The van der Waals surface area contributed by atoms with Gasteiger partial charge in [-0.1, -0.05) is 66.7 Å². The average Bonchev–Trinajstić information content (AvgIpc) is 3.24. The number of hydrogen-bond acceptors (Lipinski definition) is 3. The summed E-state index contributed by atoms with van der Waals surface area (Å²) in [6.07, 6.45) is 3.73. The smallest absolute Gasteiger partial charge is 0.191 e. The van der Waals surface area contributed by atoms with E-state index in [-0.39, 0.29) is 0 Å². The van der Waals surface area contributed by atoms with Crippen molar-refractivity contribution < 1.29 is 0 Å². The number of aliphatic imine (C=N–C) groups is 1. The average molecular weight is 413 g/mol. The minimum atomic E-state index is 0.350. The fourth-order valence-corrected chi connectivity index (χ4v) is 3.73. The topological polar surface area (TPSA) is 66.6 Å². The van der Waals surface area contributed by atoms with Gasteiger partial charge in [-0.15, -0.1) is 10.2 Å². The summed E-state index contributed by atoms with van der Waals surface area (Å²) < 4.78 is 2.02. The number of pyridine rings is 1. The molecule has 0 saturated carbocycles. The Labute approximate surface area is 183 Å². The van der Waals surface area contributed by atoms with E-state index in [2.05, 4.69) is 86.5 Å². The number of fused-ring (bicyclic) bond motifs is 1. The molecule has 2 heterocycles. The van der Waals surface area contributed by atoms with Gasteiger partial charge in [0.25, 0.3) is 0 Å². The van der Waals surface area contributed by atoms with E-state index in [4.69, 9.17) is 0 Å². The van der Waals surface area contributed by atoms with Crippen molar-refractivity contribution in [3.63, 3.8) is 0 Å². The molecule has 0 saturated heterocycles. The maximum absolute atomic E-state index is 4.39. The Morgan fingerprint density at radius 2 is 1.65 bits per heavy atom. The highest BCUT2D eigenvalue weighted by atomic mass is 15.2. The molecular formula is C25H28N6. The molecule has 6 heteroatoms. The Bertz CT molecular complexity index is 1100. The lowest BCUT2D eigenvalue weighted by Gasteiger charge is -2.20. The van der Waals surface area contributed by atoms with Crippen LogP contribution in [-0.2, 0) is 12.8 Å². The Hall–Kier alpha value is -3.67. The van der Waals surface area contributed by atoms with Crippen LogP contribution in [-0.4, -0.2) is 40.7 Å². The lowest BCUT2D eigenvalue weighted by molar-refractivity contribution is 0.643. The molecular weight excluding hydrogens is 384 g/mol. The van der Waals surface area contributed by atoms with Gasteiger partial charge >= 0.3 is 0 Å². The molecule has 2 aromatic heterocycles. The lowest BCUT2D eigenvalue weighted by atomic mass is 9.92. The van der Waals surface area contributed by atoms with Crippen LogP contribution in [0.15, 0.2) is 90.1 Å². The highest BCUT2D eigenvalue weighted by Crippen LogP contribution is 2.20. The highest BCUT2D eigenvalue weighted by molar-refractivity contribution is 5.79. The first-order valence-electron chi connectivity index (χ1n) is 10.7. The summed E-state index contributed by atoms with van der Waals surface area (Å²) >= 11 is 0. The second-order valence-corrected chi connectivity index (χ2v) is 7.47. The van der Waals surface area contributed by atoms with Gasteiger partial charge in [0.1, 0.15) is 5.82 Å². The second kappa shape index (κ2) is 10.4. The molecule has 4 aromatic rings. The molecule has 2 N–H and O–H groups in total. The summed E-state index contributed by atoms with van der Waals surface area (Å²) in [6, 6.07) is 27.2. The summed E-state index contributed by atoms with van der Waals surface area (Å²) in [5.74, 6) is 2.08. The van der Waals surface area contributed by atoms with E-state index in [0.29, 0.717) is 5.92 Å². The van der Waals surface area contributed by atoms with Crippen molar-refractivity contribution in [2.75, 3.05) is 20.1 Å². The zero-order chi connectivity index (χ0) is 21.3. The Morgan fingerprint density at radius 3 is 2.42 bits per heavy atom. The van der Waals surface area contributed by atoms with E-state index in [1.807, 2.05) is 28.8 Å². The molecule has 2 aromatic carbocycles. The van der Waals surface area contributed by atoms with Crippen molar-refractivity contribution in [1.82, 2.24) is 25.2 Å². The monoisotopic (exact) mass is 412 g/mol. The zero-order valence-corrected chi connectivity index (χ0v) is 17.8. The maximum Gasteiger partial charge on any atom is 0.191 e. The number of nitrogens with one attached hydrogen (secondary N) is 2. The fraction of sp³-hybridized carbons (Fsp3) is 0.240. The molecule has 1 atom stereocenters. The van der Waals surface area contributed by atoms with Crippen LogP contribution in [0.3, 0.4) is 0 Å². The van der Waals surface area contributed by atoms with Crippen LogP contribution in [0.5, 0.6) is 0 Å². The van der Waals surface area contributed by atoms with Crippen LogP contribution in [0, 0.1) is 0 Å². The third-order valence-corrected chi connectivity index (χ3v) is 5.36. The summed E-state index contributed by atoms with van der Waals surface area (Å²) in [5.41, 5.74) is 3.52. The molecule has 0 fully saturated rings. The molecule has 0 bridgehead atoms. The van der Waals surface area contributed by atoms with Crippen molar-refractivity contribution in [2.45, 2.75) is 18.8 Å². The van der Waals surface area contributed by atoms with Gasteiger partial charge in [0.15, 0.2) is 11.6 Å². The van der Waals surface area contributed by atoms with Gasteiger partial charge in [0.2, 0.25) is 0 Å². The molecule has 31 heavy (non-hydrogen) atoms. The minimum absolute atomic E-state index is 0.350. The molecule has 0 spiro atoms. The van der Waals surface area contributed by atoms with Gasteiger partial charge < -0.3 is 10.6 Å². The zero-order valence-electron chi connectivity index (χ0n) is 17.8. The van der Waals surface area contributed by atoms with Gasteiger partial charge in [-0.3, -0.25) is 9.39 Å². The number of aromatic nitrogens is 3. The van der Waals surface area contributed by atoms with Crippen molar-refractivity contribution >= 4 is 11.6 Å². The third-order valence-electron chi connectivity index (χ3n) is 5.36. The Morgan fingerprint density at radius 1 is 0.903 bits per heavy atom. The Balaban J connectivity index is 1.35. The normalized spacial score (nSPS) is 12.6. The van der Waals surface area contributed by atoms with E-state index >= 15 is 0 Å².